The smallest absolute Gasteiger partial charge is 0.277 e. The van der Waals surface area contributed by atoms with E-state index in [1.807, 2.05) is 12.1 Å². The van der Waals surface area contributed by atoms with E-state index < -0.39 is 0 Å². The number of nitrogens with one attached hydrogen (secondary N) is 1. The average molecular weight is 323 g/mol. The first-order valence-corrected chi connectivity index (χ1v) is 6.85. The first-order chi connectivity index (χ1) is 10.1. The Morgan fingerprint density at radius 3 is 2.57 bits per heavy atom. The highest BCUT2D eigenvalue weighted by Crippen LogP contribution is 2.15. The van der Waals surface area contributed by atoms with Crippen LogP contribution in [0.5, 0.6) is 5.75 Å². The number of amides is 1. The topological polar surface area (TPSA) is 50.7 Å². The fourth-order valence-electron chi connectivity index (χ4n) is 1.47. The van der Waals surface area contributed by atoms with Crippen LogP contribution in [0.3, 0.4) is 0 Å². The van der Waals surface area contributed by atoms with E-state index in [2.05, 4.69) is 10.5 Å². The number of ether oxygens (including phenoxy) is 1. The molecule has 4 nitrogen and oxygen atoms in total. The first-order valence-electron chi connectivity index (χ1n) is 6.10. The van der Waals surface area contributed by atoms with Crippen LogP contribution in [0.15, 0.2) is 53.6 Å². The third-order valence-electron chi connectivity index (χ3n) is 2.48. The van der Waals surface area contributed by atoms with Gasteiger partial charge >= 0.3 is 0 Å². The summed E-state index contributed by atoms with van der Waals surface area (Å²) in [6, 6.07) is 13.9. The summed E-state index contributed by atoms with van der Waals surface area (Å²) in [5.41, 5.74) is 3.08. The zero-order chi connectivity index (χ0) is 15.1. The lowest BCUT2D eigenvalue weighted by molar-refractivity contribution is -0.123. The van der Waals surface area contributed by atoms with Crippen molar-refractivity contribution < 1.29 is 9.53 Å². The van der Waals surface area contributed by atoms with Gasteiger partial charge in [0, 0.05) is 15.6 Å². The lowest BCUT2D eigenvalue weighted by Gasteiger charge is -2.04. The molecule has 0 fully saturated rings. The predicted octanol–water partition coefficient (Wildman–Crippen LogP) is 3.52. The SMILES string of the molecule is O=C(COc1ccc(Cl)cc1)N/N=C\c1ccccc1Cl. The summed E-state index contributed by atoms with van der Waals surface area (Å²) < 4.78 is 5.28. The number of benzene rings is 2. The largest absolute Gasteiger partial charge is 0.484 e. The number of nitrogens with zero attached hydrogens (tertiary/aromatic N) is 1. The molecule has 0 aromatic heterocycles. The van der Waals surface area contributed by atoms with Gasteiger partial charge in [0.15, 0.2) is 6.61 Å². The molecule has 2 aromatic rings. The lowest BCUT2D eigenvalue weighted by atomic mass is 10.2. The van der Waals surface area contributed by atoms with Gasteiger partial charge in [0.25, 0.3) is 5.91 Å². The summed E-state index contributed by atoms with van der Waals surface area (Å²) in [4.78, 5) is 11.5. The van der Waals surface area contributed by atoms with Crippen molar-refractivity contribution in [1.82, 2.24) is 5.43 Å². The minimum absolute atomic E-state index is 0.137. The van der Waals surface area contributed by atoms with Gasteiger partial charge in [-0.05, 0) is 30.3 Å². The predicted molar refractivity (Wildman–Crippen MR) is 84.1 cm³/mol. The van der Waals surface area contributed by atoms with Crippen LogP contribution in [0, 0.1) is 0 Å². The molecule has 2 aromatic carbocycles. The van der Waals surface area contributed by atoms with Crippen molar-refractivity contribution in [1.29, 1.82) is 0 Å². The Balaban J connectivity index is 1.80. The molecular formula is C15H12Cl2N2O2. The van der Waals surface area contributed by atoms with Crippen LogP contribution < -0.4 is 10.2 Å². The van der Waals surface area contributed by atoms with E-state index in [-0.39, 0.29) is 12.5 Å². The van der Waals surface area contributed by atoms with E-state index >= 15 is 0 Å². The number of halogens is 2. The highest BCUT2D eigenvalue weighted by Gasteiger charge is 2.01. The molecule has 0 saturated carbocycles. The van der Waals surface area contributed by atoms with E-state index in [4.69, 9.17) is 27.9 Å². The maximum atomic E-state index is 11.5. The molecule has 0 heterocycles. The molecule has 0 unspecified atom stereocenters. The van der Waals surface area contributed by atoms with Gasteiger partial charge in [0.05, 0.1) is 6.21 Å². The van der Waals surface area contributed by atoms with Crippen molar-refractivity contribution >= 4 is 35.3 Å². The first kappa shape index (κ1) is 15.4. The number of carbonyl (C=O) groups excluding carboxylic acids is 1. The van der Waals surface area contributed by atoms with Gasteiger partial charge < -0.3 is 4.74 Å². The molecule has 6 heteroatoms. The number of hydrazone groups is 1. The van der Waals surface area contributed by atoms with Crippen LogP contribution in [0.25, 0.3) is 0 Å². The van der Waals surface area contributed by atoms with Crippen molar-refractivity contribution in [3.8, 4) is 5.75 Å². The van der Waals surface area contributed by atoms with Crippen LogP contribution in [0.4, 0.5) is 0 Å². The second-order valence-electron chi connectivity index (χ2n) is 4.06. The minimum atomic E-state index is -0.367. The fraction of sp³-hybridized carbons (Fsp3) is 0.0667. The summed E-state index contributed by atoms with van der Waals surface area (Å²) in [5.74, 6) is 0.192. The standard InChI is InChI=1S/C15H12Cl2N2O2/c16-12-5-7-13(8-6-12)21-10-15(20)19-18-9-11-3-1-2-4-14(11)17/h1-9H,10H2,(H,19,20)/b18-9-. The van der Waals surface area contributed by atoms with Crippen molar-refractivity contribution in [2.24, 2.45) is 5.10 Å². The third-order valence-corrected chi connectivity index (χ3v) is 3.08. The minimum Gasteiger partial charge on any atom is -0.484 e. The zero-order valence-corrected chi connectivity index (χ0v) is 12.4. The quantitative estimate of drug-likeness (QED) is 0.676. The normalized spacial score (nSPS) is 10.6. The molecule has 0 aliphatic carbocycles. The molecule has 0 spiro atoms. The van der Waals surface area contributed by atoms with Crippen molar-refractivity contribution in [2.75, 3.05) is 6.61 Å². The van der Waals surface area contributed by atoms with E-state index in [9.17, 15) is 4.79 Å². The van der Waals surface area contributed by atoms with E-state index in [1.165, 1.54) is 6.21 Å². The maximum absolute atomic E-state index is 11.5. The molecule has 1 amide bonds. The monoisotopic (exact) mass is 322 g/mol. The van der Waals surface area contributed by atoms with Crippen LogP contribution >= 0.6 is 23.2 Å². The molecule has 0 aliphatic heterocycles. The van der Waals surface area contributed by atoms with Crippen LogP contribution in [0.2, 0.25) is 10.0 Å². The summed E-state index contributed by atoms with van der Waals surface area (Å²) in [7, 11) is 0. The molecule has 0 saturated heterocycles. The molecule has 0 bridgehead atoms. The molecule has 0 atom stereocenters. The molecule has 1 N–H and O–H groups in total. The Bertz CT molecular complexity index is 642. The molecule has 2 rings (SSSR count). The number of carbonyl (C=O) groups is 1. The Kier molecular flexibility index (Phi) is 5.60. The van der Waals surface area contributed by atoms with Gasteiger partial charge in [-0.25, -0.2) is 5.43 Å². The Morgan fingerprint density at radius 1 is 1.14 bits per heavy atom. The molecule has 0 aliphatic rings. The second kappa shape index (κ2) is 7.67. The van der Waals surface area contributed by atoms with Crippen LogP contribution in [0.1, 0.15) is 5.56 Å². The third kappa shape index (κ3) is 5.10. The highest BCUT2D eigenvalue weighted by molar-refractivity contribution is 6.33. The van der Waals surface area contributed by atoms with Gasteiger partial charge in [0.1, 0.15) is 5.75 Å². The summed E-state index contributed by atoms with van der Waals surface area (Å²) in [6.07, 6.45) is 1.47. The van der Waals surface area contributed by atoms with Gasteiger partial charge in [0.2, 0.25) is 0 Å². The Morgan fingerprint density at radius 2 is 1.86 bits per heavy atom. The molecule has 0 radical (unpaired) electrons. The van der Waals surface area contributed by atoms with Gasteiger partial charge in [-0.3, -0.25) is 4.79 Å². The van der Waals surface area contributed by atoms with Crippen LogP contribution in [-0.2, 0) is 4.79 Å². The Labute approximate surface area is 132 Å². The van der Waals surface area contributed by atoms with Crippen molar-refractivity contribution in [2.45, 2.75) is 0 Å². The summed E-state index contributed by atoms with van der Waals surface area (Å²) in [6.45, 7) is -0.137. The summed E-state index contributed by atoms with van der Waals surface area (Å²) >= 11 is 11.7. The molecular weight excluding hydrogens is 311 g/mol. The Hall–Kier alpha value is -2.04. The van der Waals surface area contributed by atoms with Crippen molar-refractivity contribution in [3.05, 3.63) is 64.1 Å². The van der Waals surface area contributed by atoms with E-state index in [0.29, 0.717) is 15.8 Å². The number of hydrogen-bond acceptors (Lipinski definition) is 3. The molecule has 108 valence electrons. The van der Waals surface area contributed by atoms with Gasteiger partial charge in [-0.15, -0.1) is 0 Å². The van der Waals surface area contributed by atoms with E-state index in [0.717, 1.165) is 5.56 Å². The number of rotatable bonds is 5. The second-order valence-corrected chi connectivity index (χ2v) is 4.90. The number of hydrogen-bond donors (Lipinski definition) is 1. The maximum Gasteiger partial charge on any atom is 0.277 e. The van der Waals surface area contributed by atoms with Gasteiger partial charge in [-0.2, -0.15) is 5.10 Å². The fourth-order valence-corrected chi connectivity index (χ4v) is 1.78. The van der Waals surface area contributed by atoms with Gasteiger partial charge in [-0.1, -0.05) is 41.4 Å². The lowest BCUT2D eigenvalue weighted by Crippen LogP contribution is -2.24. The highest BCUT2D eigenvalue weighted by atomic mass is 35.5. The molecule has 21 heavy (non-hydrogen) atoms. The summed E-state index contributed by atoms with van der Waals surface area (Å²) in [5, 5.41) is 4.99. The zero-order valence-electron chi connectivity index (χ0n) is 10.9. The van der Waals surface area contributed by atoms with E-state index in [1.54, 1.807) is 36.4 Å². The van der Waals surface area contributed by atoms with Crippen molar-refractivity contribution in [3.63, 3.8) is 0 Å². The van der Waals surface area contributed by atoms with Crippen LogP contribution in [-0.4, -0.2) is 18.7 Å². The average Bonchev–Trinajstić information content (AvgIpc) is 2.49.